The highest BCUT2D eigenvalue weighted by atomic mass is 35.5. The van der Waals surface area contributed by atoms with E-state index in [4.69, 9.17) is 11.6 Å². The van der Waals surface area contributed by atoms with E-state index in [0.29, 0.717) is 16.1 Å². The third-order valence-corrected chi connectivity index (χ3v) is 6.43. The number of hydrogen-bond acceptors (Lipinski definition) is 5. The molecule has 0 radical (unpaired) electrons. The summed E-state index contributed by atoms with van der Waals surface area (Å²) < 4.78 is 0. The molecule has 128 valence electrons. The standard InChI is InChI=1S/C17H20ClN3OS2/c1-11(23-14-4-2-13(18)3-5-14)16(22)21-17-20-10-15(24-17)12-6-8-19-9-7-12/h2-5,10-12,19H,6-9H2,1H3,(H,20,21,22). The lowest BCUT2D eigenvalue weighted by Gasteiger charge is -2.20. The second kappa shape index (κ2) is 8.34. The zero-order valence-corrected chi connectivity index (χ0v) is 15.8. The first-order chi connectivity index (χ1) is 11.6. The molecular formula is C17H20ClN3OS2. The highest BCUT2D eigenvalue weighted by molar-refractivity contribution is 8.00. The van der Waals surface area contributed by atoms with Gasteiger partial charge in [0.15, 0.2) is 5.13 Å². The molecule has 0 bridgehead atoms. The van der Waals surface area contributed by atoms with Crippen LogP contribution in [0.5, 0.6) is 0 Å². The van der Waals surface area contributed by atoms with Crippen molar-refractivity contribution in [2.45, 2.75) is 35.8 Å². The maximum Gasteiger partial charge on any atom is 0.239 e. The molecule has 0 saturated carbocycles. The Kier molecular flexibility index (Phi) is 6.16. The van der Waals surface area contributed by atoms with E-state index >= 15 is 0 Å². The Morgan fingerprint density at radius 1 is 1.38 bits per heavy atom. The number of benzene rings is 1. The predicted molar refractivity (Wildman–Crippen MR) is 102 cm³/mol. The molecule has 0 aliphatic carbocycles. The Hall–Kier alpha value is -1.08. The summed E-state index contributed by atoms with van der Waals surface area (Å²) in [5, 5.41) is 7.50. The van der Waals surface area contributed by atoms with Gasteiger partial charge in [0.2, 0.25) is 5.91 Å². The van der Waals surface area contributed by atoms with E-state index < -0.39 is 0 Å². The number of carbonyl (C=O) groups is 1. The molecule has 24 heavy (non-hydrogen) atoms. The van der Waals surface area contributed by atoms with E-state index in [9.17, 15) is 4.79 Å². The predicted octanol–water partition coefficient (Wildman–Crippen LogP) is 4.38. The largest absolute Gasteiger partial charge is 0.317 e. The summed E-state index contributed by atoms with van der Waals surface area (Å²) in [6, 6.07) is 7.52. The van der Waals surface area contributed by atoms with Crippen LogP contribution >= 0.6 is 34.7 Å². The van der Waals surface area contributed by atoms with Crippen LogP contribution in [0.15, 0.2) is 35.4 Å². The van der Waals surface area contributed by atoms with Gasteiger partial charge in [-0.3, -0.25) is 4.79 Å². The molecule has 0 spiro atoms. The van der Waals surface area contributed by atoms with E-state index in [0.717, 1.165) is 30.8 Å². The van der Waals surface area contributed by atoms with E-state index in [-0.39, 0.29) is 11.2 Å². The van der Waals surface area contributed by atoms with Crippen molar-refractivity contribution in [3.63, 3.8) is 0 Å². The summed E-state index contributed by atoms with van der Waals surface area (Å²) in [6.45, 7) is 4.01. The van der Waals surface area contributed by atoms with Crippen molar-refractivity contribution >= 4 is 45.7 Å². The molecule has 2 N–H and O–H groups in total. The third-order valence-electron chi connectivity index (χ3n) is 3.99. The average molecular weight is 382 g/mol. The minimum Gasteiger partial charge on any atom is -0.317 e. The second-order valence-electron chi connectivity index (χ2n) is 5.80. The van der Waals surface area contributed by atoms with Gasteiger partial charge in [0, 0.05) is 21.0 Å². The lowest BCUT2D eigenvalue weighted by Crippen LogP contribution is -2.26. The number of aromatic nitrogens is 1. The Balaban J connectivity index is 1.55. The molecule has 1 aliphatic heterocycles. The fourth-order valence-electron chi connectivity index (χ4n) is 2.62. The highest BCUT2D eigenvalue weighted by Crippen LogP contribution is 2.32. The lowest BCUT2D eigenvalue weighted by molar-refractivity contribution is -0.115. The van der Waals surface area contributed by atoms with Gasteiger partial charge in [0.25, 0.3) is 0 Å². The van der Waals surface area contributed by atoms with Gasteiger partial charge in [-0.1, -0.05) is 11.6 Å². The number of thioether (sulfide) groups is 1. The number of halogens is 1. The molecule has 7 heteroatoms. The topological polar surface area (TPSA) is 54.0 Å². The van der Waals surface area contributed by atoms with Gasteiger partial charge < -0.3 is 10.6 Å². The molecule has 2 heterocycles. The molecule has 4 nitrogen and oxygen atoms in total. The fraction of sp³-hybridized carbons (Fsp3) is 0.412. The maximum absolute atomic E-state index is 12.4. The van der Waals surface area contributed by atoms with Crippen LogP contribution in [0.25, 0.3) is 0 Å². The number of nitrogens with one attached hydrogen (secondary N) is 2. The van der Waals surface area contributed by atoms with Crippen molar-refractivity contribution in [1.29, 1.82) is 0 Å². The number of hydrogen-bond donors (Lipinski definition) is 2. The average Bonchev–Trinajstić information content (AvgIpc) is 3.06. The number of rotatable bonds is 5. The van der Waals surface area contributed by atoms with Crippen molar-refractivity contribution in [2.75, 3.05) is 18.4 Å². The molecule has 1 aromatic carbocycles. The monoisotopic (exact) mass is 381 g/mol. The second-order valence-corrected chi connectivity index (χ2v) is 8.71. The molecule has 1 aliphatic rings. The van der Waals surface area contributed by atoms with Gasteiger partial charge in [-0.05, 0) is 63.0 Å². The van der Waals surface area contributed by atoms with E-state index in [2.05, 4.69) is 15.6 Å². The van der Waals surface area contributed by atoms with Crippen LogP contribution in [0, 0.1) is 0 Å². The summed E-state index contributed by atoms with van der Waals surface area (Å²) >= 11 is 8.99. The van der Waals surface area contributed by atoms with Crippen LogP contribution in [0.1, 0.15) is 30.6 Å². The number of piperidine rings is 1. The van der Waals surface area contributed by atoms with E-state index in [1.807, 2.05) is 37.4 Å². The van der Waals surface area contributed by atoms with E-state index in [1.165, 1.54) is 16.6 Å². The molecule has 1 amide bonds. The summed E-state index contributed by atoms with van der Waals surface area (Å²) in [6.07, 6.45) is 4.18. The summed E-state index contributed by atoms with van der Waals surface area (Å²) in [5.41, 5.74) is 0. The van der Waals surface area contributed by atoms with Crippen LogP contribution in [-0.4, -0.2) is 29.2 Å². The molecule has 1 atom stereocenters. The van der Waals surface area contributed by atoms with Gasteiger partial charge in [-0.15, -0.1) is 23.1 Å². The summed E-state index contributed by atoms with van der Waals surface area (Å²) in [4.78, 5) is 19.0. The Morgan fingerprint density at radius 3 is 2.79 bits per heavy atom. The number of nitrogens with zero attached hydrogens (tertiary/aromatic N) is 1. The van der Waals surface area contributed by atoms with Gasteiger partial charge in [-0.25, -0.2) is 4.98 Å². The Labute approximate surface area is 155 Å². The number of amides is 1. The first-order valence-corrected chi connectivity index (χ1v) is 10.1. The van der Waals surface area contributed by atoms with Gasteiger partial charge in [-0.2, -0.15) is 0 Å². The fourth-order valence-corrected chi connectivity index (χ4v) is 4.60. The van der Waals surface area contributed by atoms with Crippen LogP contribution in [0.4, 0.5) is 5.13 Å². The first kappa shape index (κ1) is 17.7. The SMILES string of the molecule is CC(Sc1ccc(Cl)cc1)C(=O)Nc1ncc(C2CCNCC2)s1. The zero-order chi connectivity index (χ0) is 16.9. The summed E-state index contributed by atoms with van der Waals surface area (Å²) in [7, 11) is 0. The molecule has 1 unspecified atom stereocenters. The molecular weight excluding hydrogens is 362 g/mol. The van der Waals surface area contributed by atoms with Crippen LogP contribution < -0.4 is 10.6 Å². The lowest BCUT2D eigenvalue weighted by atomic mass is 9.97. The van der Waals surface area contributed by atoms with Crippen molar-refractivity contribution in [1.82, 2.24) is 10.3 Å². The molecule has 1 aromatic heterocycles. The number of carbonyl (C=O) groups excluding carboxylic acids is 1. The van der Waals surface area contributed by atoms with E-state index in [1.54, 1.807) is 11.3 Å². The third kappa shape index (κ3) is 4.72. The number of anilines is 1. The zero-order valence-electron chi connectivity index (χ0n) is 13.4. The van der Waals surface area contributed by atoms with Crippen molar-refractivity contribution in [3.8, 4) is 0 Å². The molecule has 3 rings (SSSR count). The van der Waals surface area contributed by atoms with Crippen molar-refractivity contribution in [3.05, 3.63) is 40.4 Å². The molecule has 1 fully saturated rings. The Morgan fingerprint density at radius 2 is 2.08 bits per heavy atom. The summed E-state index contributed by atoms with van der Waals surface area (Å²) in [5.74, 6) is 0.538. The van der Waals surface area contributed by atoms with Crippen LogP contribution in [0.3, 0.4) is 0 Å². The quantitative estimate of drug-likeness (QED) is 0.754. The van der Waals surface area contributed by atoms with Gasteiger partial charge in [0.1, 0.15) is 0 Å². The first-order valence-electron chi connectivity index (χ1n) is 8.01. The highest BCUT2D eigenvalue weighted by Gasteiger charge is 2.20. The number of thiazole rings is 1. The molecule has 2 aromatic rings. The van der Waals surface area contributed by atoms with Gasteiger partial charge in [0.05, 0.1) is 5.25 Å². The smallest absolute Gasteiger partial charge is 0.239 e. The van der Waals surface area contributed by atoms with Crippen molar-refractivity contribution < 1.29 is 4.79 Å². The molecule has 1 saturated heterocycles. The Bertz CT molecular complexity index is 683. The maximum atomic E-state index is 12.4. The normalized spacial score (nSPS) is 16.8. The van der Waals surface area contributed by atoms with Crippen LogP contribution in [-0.2, 0) is 4.79 Å². The van der Waals surface area contributed by atoms with Gasteiger partial charge >= 0.3 is 0 Å². The minimum atomic E-state index is -0.197. The minimum absolute atomic E-state index is 0.0267. The van der Waals surface area contributed by atoms with Crippen molar-refractivity contribution in [2.24, 2.45) is 0 Å². The van der Waals surface area contributed by atoms with Crippen LogP contribution in [0.2, 0.25) is 5.02 Å².